The minimum absolute atomic E-state index is 0.0927. The molecule has 0 aliphatic heterocycles. The maximum absolute atomic E-state index is 12.7. The first-order valence-electron chi connectivity index (χ1n) is 4.98. The lowest BCUT2D eigenvalue weighted by Gasteiger charge is -2.15. The van der Waals surface area contributed by atoms with Crippen LogP contribution in [-0.4, -0.2) is 13.7 Å². The zero-order valence-corrected chi connectivity index (χ0v) is 9.19. The molecular formula is C11H14F3NO. The second-order valence-corrected chi connectivity index (χ2v) is 3.34. The Balaban J connectivity index is 3.06. The maximum atomic E-state index is 12.7. The molecule has 2 nitrogen and oxygen atoms in total. The average molecular weight is 233 g/mol. The van der Waals surface area contributed by atoms with Crippen molar-refractivity contribution in [1.29, 1.82) is 0 Å². The molecule has 0 saturated heterocycles. The molecule has 0 heterocycles. The van der Waals surface area contributed by atoms with E-state index >= 15 is 0 Å². The van der Waals surface area contributed by atoms with Gasteiger partial charge in [-0.3, -0.25) is 0 Å². The molecule has 0 amide bonds. The van der Waals surface area contributed by atoms with Crippen LogP contribution in [0.3, 0.4) is 0 Å². The molecule has 0 aliphatic carbocycles. The first-order chi connectivity index (χ1) is 7.49. The Kier molecular flexibility index (Phi) is 4.04. The van der Waals surface area contributed by atoms with Crippen LogP contribution >= 0.6 is 0 Å². The molecule has 1 N–H and O–H groups in total. The summed E-state index contributed by atoms with van der Waals surface area (Å²) in [6, 6.07) is 3.89. The number of halogens is 3. The van der Waals surface area contributed by atoms with Crippen molar-refractivity contribution in [2.24, 2.45) is 0 Å². The Bertz CT molecular complexity index is 350. The molecule has 0 bridgehead atoms. The van der Waals surface area contributed by atoms with Crippen molar-refractivity contribution in [3.05, 3.63) is 23.8 Å². The highest BCUT2D eigenvalue weighted by Gasteiger charge is 2.33. The molecule has 0 atom stereocenters. The zero-order valence-electron chi connectivity index (χ0n) is 9.19. The maximum Gasteiger partial charge on any atom is 0.418 e. The Hall–Kier alpha value is -1.39. The smallest absolute Gasteiger partial charge is 0.418 e. The molecule has 0 spiro atoms. The monoisotopic (exact) mass is 233 g/mol. The normalized spacial score (nSPS) is 11.3. The van der Waals surface area contributed by atoms with Gasteiger partial charge in [0, 0.05) is 12.2 Å². The van der Waals surface area contributed by atoms with E-state index in [0.29, 0.717) is 6.54 Å². The van der Waals surface area contributed by atoms with E-state index < -0.39 is 11.7 Å². The summed E-state index contributed by atoms with van der Waals surface area (Å²) in [5.74, 6) is 0.203. The molecular weight excluding hydrogens is 219 g/mol. The van der Waals surface area contributed by atoms with Gasteiger partial charge in [0.25, 0.3) is 0 Å². The standard InChI is InChI=1S/C11H14F3NO/c1-3-6-15-10-5-4-8(16-2)7-9(10)11(12,13)14/h4-5,7,15H,3,6H2,1-2H3. The first-order valence-corrected chi connectivity index (χ1v) is 4.98. The fraction of sp³-hybridized carbons (Fsp3) is 0.455. The number of methoxy groups -OCH3 is 1. The van der Waals surface area contributed by atoms with Gasteiger partial charge in [-0.05, 0) is 24.6 Å². The third kappa shape index (κ3) is 3.05. The molecule has 1 aromatic rings. The quantitative estimate of drug-likeness (QED) is 0.858. The van der Waals surface area contributed by atoms with Gasteiger partial charge >= 0.3 is 6.18 Å². The van der Waals surface area contributed by atoms with Crippen molar-refractivity contribution in [1.82, 2.24) is 0 Å². The van der Waals surface area contributed by atoms with E-state index in [2.05, 4.69) is 5.32 Å². The van der Waals surface area contributed by atoms with Gasteiger partial charge in [-0.2, -0.15) is 13.2 Å². The van der Waals surface area contributed by atoms with Crippen molar-refractivity contribution >= 4 is 5.69 Å². The lowest BCUT2D eigenvalue weighted by atomic mass is 10.1. The van der Waals surface area contributed by atoms with Gasteiger partial charge in [-0.1, -0.05) is 6.92 Å². The van der Waals surface area contributed by atoms with E-state index in [1.54, 1.807) is 0 Å². The van der Waals surface area contributed by atoms with Crippen molar-refractivity contribution in [2.45, 2.75) is 19.5 Å². The number of ether oxygens (including phenoxy) is 1. The van der Waals surface area contributed by atoms with E-state index in [9.17, 15) is 13.2 Å². The molecule has 0 saturated carbocycles. The van der Waals surface area contributed by atoms with Crippen molar-refractivity contribution in [3.63, 3.8) is 0 Å². The average Bonchev–Trinajstić information content (AvgIpc) is 2.25. The van der Waals surface area contributed by atoms with Gasteiger partial charge in [0.05, 0.1) is 12.7 Å². The number of nitrogens with one attached hydrogen (secondary N) is 1. The van der Waals surface area contributed by atoms with Gasteiger partial charge in [0.15, 0.2) is 0 Å². The molecule has 0 radical (unpaired) electrons. The molecule has 5 heteroatoms. The number of hydrogen-bond acceptors (Lipinski definition) is 2. The minimum Gasteiger partial charge on any atom is -0.497 e. The summed E-state index contributed by atoms with van der Waals surface area (Å²) in [6.07, 6.45) is -3.60. The highest BCUT2D eigenvalue weighted by molar-refractivity contribution is 5.55. The Labute approximate surface area is 92.4 Å². The van der Waals surface area contributed by atoms with Crippen molar-refractivity contribution in [2.75, 3.05) is 19.0 Å². The number of benzene rings is 1. The summed E-state index contributed by atoms with van der Waals surface area (Å²) >= 11 is 0. The van der Waals surface area contributed by atoms with Crippen LogP contribution in [0.25, 0.3) is 0 Å². The fourth-order valence-corrected chi connectivity index (χ4v) is 1.30. The summed E-state index contributed by atoms with van der Waals surface area (Å²) in [6.45, 7) is 2.40. The molecule has 0 fully saturated rings. The van der Waals surface area contributed by atoms with Crippen molar-refractivity contribution in [3.8, 4) is 5.75 Å². The van der Waals surface area contributed by atoms with Crippen LogP contribution < -0.4 is 10.1 Å². The summed E-state index contributed by atoms with van der Waals surface area (Å²) in [4.78, 5) is 0. The Morgan fingerprint density at radius 2 is 2.00 bits per heavy atom. The fourth-order valence-electron chi connectivity index (χ4n) is 1.30. The van der Waals surface area contributed by atoms with Gasteiger partial charge < -0.3 is 10.1 Å². The molecule has 0 aromatic heterocycles. The van der Waals surface area contributed by atoms with Crippen molar-refractivity contribution < 1.29 is 17.9 Å². The van der Waals surface area contributed by atoms with Crippen LogP contribution in [0.15, 0.2) is 18.2 Å². The SMILES string of the molecule is CCCNc1ccc(OC)cc1C(F)(F)F. The van der Waals surface area contributed by atoms with E-state index in [1.807, 2.05) is 6.92 Å². The van der Waals surface area contributed by atoms with E-state index in [0.717, 1.165) is 12.5 Å². The molecule has 16 heavy (non-hydrogen) atoms. The topological polar surface area (TPSA) is 21.3 Å². The van der Waals surface area contributed by atoms with Crippen LogP contribution in [0.5, 0.6) is 5.75 Å². The van der Waals surface area contributed by atoms with Gasteiger partial charge in [-0.25, -0.2) is 0 Å². The van der Waals surface area contributed by atoms with Gasteiger partial charge in [0.1, 0.15) is 5.75 Å². The number of anilines is 1. The summed E-state index contributed by atoms with van der Waals surface area (Å²) in [7, 11) is 1.34. The molecule has 1 rings (SSSR count). The molecule has 0 unspecified atom stereocenters. The Morgan fingerprint density at radius 1 is 1.31 bits per heavy atom. The number of rotatable bonds is 4. The first kappa shape index (κ1) is 12.7. The number of hydrogen-bond donors (Lipinski definition) is 1. The number of alkyl halides is 3. The van der Waals surface area contributed by atoms with Crippen LogP contribution in [-0.2, 0) is 6.18 Å². The van der Waals surface area contributed by atoms with E-state index in [-0.39, 0.29) is 11.4 Å². The third-order valence-electron chi connectivity index (χ3n) is 2.10. The summed E-state index contributed by atoms with van der Waals surface area (Å²) < 4.78 is 42.9. The molecule has 1 aromatic carbocycles. The Morgan fingerprint density at radius 3 is 2.50 bits per heavy atom. The van der Waals surface area contributed by atoms with Crippen LogP contribution in [0.1, 0.15) is 18.9 Å². The second kappa shape index (κ2) is 5.09. The minimum atomic E-state index is -4.37. The highest BCUT2D eigenvalue weighted by Crippen LogP contribution is 2.37. The molecule has 90 valence electrons. The van der Waals surface area contributed by atoms with Crippen LogP contribution in [0.2, 0.25) is 0 Å². The largest absolute Gasteiger partial charge is 0.497 e. The van der Waals surface area contributed by atoms with Crippen LogP contribution in [0, 0.1) is 0 Å². The summed E-state index contributed by atoms with van der Waals surface area (Å²) in [5.41, 5.74) is -0.601. The predicted molar refractivity (Wildman–Crippen MR) is 56.8 cm³/mol. The van der Waals surface area contributed by atoms with E-state index in [4.69, 9.17) is 4.74 Å². The lowest BCUT2D eigenvalue weighted by molar-refractivity contribution is -0.137. The van der Waals surface area contributed by atoms with Gasteiger partial charge in [0.2, 0.25) is 0 Å². The van der Waals surface area contributed by atoms with E-state index in [1.165, 1.54) is 19.2 Å². The van der Waals surface area contributed by atoms with Gasteiger partial charge in [-0.15, -0.1) is 0 Å². The van der Waals surface area contributed by atoms with Crippen LogP contribution in [0.4, 0.5) is 18.9 Å². The highest BCUT2D eigenvalue weighted by atomic mass is 19.4. The second-order valence-electron chi connectivity index (χ2n) is 3.34. The third-order valence-corrected chi connectivity index (χ3v) is 2.10. The predicted octanol–water partition coefficient (Wildman–Crippen LogP) is 3.54. The summed E-state index contributed by atoms with van der Waals surface area (Å²) in [5, 5.41) is 2.75. The molecule has 0 aliphatic rings. The zero-order chi connectivity index (χ0) is 12.2. The lowest BCUT2D eigenvalue weighted by Crippen LogP contribution is -2.11.